The predicted molar refractivity (Wildman–Crippen MR) is 83.1 cm³/mol. The zero-order chi connectivity index (χ0) is 13.9. The first kappa shape index (κ1) is 15.1. The lowest BCUT2D eigenvalue weighted by Crippen LogP contribution is -2.25. The summed E-state index contributed by atoms with van der Waals surface area (Å²) in [6.45, 7) is 0.750. The van der Waals surface area contributed by atoms with Crippen molar-refractivity contribution in [2.24, 2.45) is 5.73 Å². The van der Waals surface area contributed by atoms with Gasteiger partial charge in [0.1, 0.15) is 4.21 Å². The van der Waals surface area contributed by atoms with E-state index in [0.29, 0.717) is 23.7 Å². The highest BCUT2D eigenvalue weighted by Gasteiger charge is 2.15. The average molecular weight is 381 g/mol. The zero-order valence-corrected chi connectivity index (χ0v) is 14.0. The summed E-state index contributed by atoms with van der Waals surface area (Å²) < 4.78 is 28.0. The van der Waals surface area contributed by atoms with E-state index < -0.39 is 10.0 Å². The summed E-state index contributed by atoms with van der Waals surface area (Å²) in [4.78, 5) is 1.14. The van der Waals surface area contributed by atoms with Gasteiger partial charge in [-0.05, 0) is 51.5 Å². The minimum absolute atomic E-state index is 0.320. The van der Waals surface area contributed by atoms with Gasteiger partial charge in [0, 0.05) is 18.0 Å². The molecule has 2 rings (SSSR count). The van der Waals surface area contributed by atoms with Crippen molar-refractivity contribution in [1.29, 1.82) is 0 Å². The Bertz CT molecular complexity index is 648. The highest BCUT2D eigenvalue weighted by atomic mass is 79.9. The van der Waals surface area contributed by atoms with Crippen LogP contribution in [0.5, 0.6) is 0 Å². The van der Waals surface area contributed by atoms with Crippen molar-refractivity contribution < 1.29 is 8.42 Å². The summed E-state index contributed by atoms with van der Waals surface area (Å²) in [7, 11) is -3.41. The highest BCUT2D eigenvalue weighted by Crippen LogP contribution is 2.23. The molecule has 0 bridgehead atoms. The summed E-state index contributed by atoms with van der Waals surface area (Å²) in [6.07, 6.45) is 0.685. The van der Waals surface area contributed by atoms with Crippen molar-refractivity contribution >= 4 is 48.6 Å². The van der Waals surface area contributed by atoms with Gasteiger partial charge in [-0.25, -0.2) is 13.1 Å². The number of hydrogen-bond donors (Lipinski definition) is 2. The van der Waals surface area contributed by atoms with Gasteiger partial charge in [0.15, 0.2) is 0 Å². The minimum Gasteiger partial charge on any atom is -0.326 e. The van der Waals surface area contributed by atoms with Crippen molar-refractivity contribution in [3.63, 3.8) is 0 Å². The third-order valence-electron chi connectivity index (χ3n) is 2.42. The van der Waals surface area contributed by atoms with Crippen LogP contribution in [0, 0.1) is 0 Å². The van der Waals surface area contributed by atoms with E-state index in [0.717, 1.165) is 14.2 Å². The first-order chi connectivity index (χ1) is 9.01. The van der Waals surface area contributed by atoms with Gasteiger partial charge in [0.05, 0.1) is 3.79 Å². The Morgan fingerprint density at radius 1 is 1.37 bits per heavy atom. The second-order valence-electron chi connectivity index (χ2n) is 3.83. The molecule has 0 aliphatic heterocycles. The Balaban J connectivity index is 1.94. The molecule has 0 unspecified atom stereocenters. The standard InChI is InChI=1S/C11H13BrN2O2S3/c12-10-2-1-9(18-10)3-4-14-19(15,16)11-5-8(6-13)7-17-11/h1-2,5,7,14H,3-4,6,13H2. The molecule has 2 aromatic heterocycles. The van der Waals surface area contributed by atoms with Crippen LogP contribution in [0.3, 0.4) is 0 Å². The van der Waals surface area contributed by atoms with Crippen molar-refractivity contribution in [3.05, 3.63) is 37.8 Å². The van der Waals surface area contributed by atoms with Gasteiger partial charge in [0.25, 0.3) is 0 Å². The van der Waals surface area contributed by atoms with Crippen LogP contribution in [0.15, 0.2) is 31.6 Å². The molecule has 0 aromatic carbocycles. The molecule has 0 saturated carbocycles. The van der Waals surface area contributed by atoms with Crippen molar-refractivity contribution in [2.75, 3.05) is 6.54 Å². The number of thiophene rings is 2. The van der Waals surface area contributed by atoms with Gasteiger partial charge in [-0.3, -0.25) is 0 Å². The predicted octanol–water partition coefficient (Wildman–Crippen LogP) is 2.55. The third-order valence-corrected chi connectivity index (χ3v) is 7.06. The van der Waals surface area contributed by atoms with Crippen LogP contribution in [-0.4, -0.2) is 15.0 Å². The summed E-state index contributed by atoms with van der Waals surface area (Å²) in [5, 5.41) is 1.77. The lowest BCUT2D eigenvalue weighted by molar-refractivity contribution is 0.584. The van der Waals surface area contributed by atoms with Crippen LogP contribution in [0.4, 0.5) is 0 Å². The maximum atomic E-state index is 12.0. The molecule has 0 amide bonds. The summed E-state index contributed by atoms with van der Waals surface area (Å²) in [5.74, 6) is 0. The van der Waals surface area contributed by atoms with Gasteiger partial charge in [-0.2, -0.15) is 0 Å². The molecule has 19 heavy (non-hydrogen) atoms. The third kappa shape index (κ3) is 4.11. The van der Waals surface area contributed by atoms with E-state index in [1.165, 1.54) is 11.3 Å². The molecule has 0 aliphatic carbocycles. The van der Waals surface area contributed by atoms with E-state index >= 15 is 0 Å². The van der Waals surface area contributed by atoms with Gasteiger partial charge in [-0.1, -0.05) is 0 Å². The Hall–Kier alpha value is -0.250. The average Bonchev–Trinajstić information content (AvgIpc) is 2.98. The van der Waals surface area contributed by atoms with Gasteiger partial charge in [-0.15, -0.1) is 22.7 Å². The Morgan fingerprint density at radius 3 is 2.74 bits per heavy atom. The van der Waals surface area contributed by atoms with Gasteiger partial charge < -0.3 is 5.73 Å². The monoisotopic (exact) mass is 380 g/mol. The largest absolute Gasteiger partial charge is 0.326 e. The molecule has 3 N–H and O–H groups in total. The van der Waals surface area contributed by atoms with Crippen LogP contribution in [-0.2, 0) is 23.0 Å². The Labute approximate surface area is 128 Å². The van der Waals surface area contributed by atoms with E-state index in [9.17, 15) is 8.42 Å². The Morgan fingerprint density at radius 2 is 2.16 bits per heavy atom. The van der Waals surface area contributed by atoms with E-state index in [1.54, 1.807) is 22.8 Å². The molecule has 4 nitrogen and oxygen atoms in total. The molecule has 2 heterocycles. The summed E-state index contributed by atoms with van der Waals surface area (Å²) in [5.41, 5.74) is 6.31. The number of halogens is 1. The molecule has 0 aliphatic rings. The van der Waals surface area contributed by atoms with E-state index in [1.807, 2.05) is 12.1 Å². The zero-order valence-electron chi connectivity index (χ0n) is 9.93. The lowest BCUT2D eigenvalue weighted by Gasteiger charge is -2.03. The van der Waals surface area contributed by atoms with Crippen LogP contribution in [0.1, 0.15) is 10.4 Å². The lowest BCUT2D eigenvalue weighted by atomic mass is 10.3. The van der Waals surface area contributed by atoms with Crippen molar-refractivity contribution in [3.8, 4) is 0 Å². The number of sulfonamides is 1. The molecule has 0 radical (unpaired) electrons. The number of hydrogen-bond acceptors (Lipinski definition) is 5. The molecule has 8 heteroatoms. The van der Waals surface area contributed by atoms with Crippen LogP contribution >= 0.6 is 38.6 Å². The van der Waals surface area contributed by atoms with Crippen LogP contribution < -0.4 is 10.5 Å². The smallest absolute Gasteiger partial charge is 0.250 e. The Kier molecular flexibility index (Phi) is 5.15. The summed E-state index contributed by atoms with van der Waals surface area (Å²) in [6, 6.07) is 5.57. The van der Waals surface area contributed by atoms with E-state index in [4.69, 9.17) is 5.73 Å². The number of rotatable bonds is 6. The van der Waals surface area contributed by atoms with E-state index in [-0.39, 0.29) is 0 Å². The second kappa shape index (κ2) is 6.47. The van der Waals surface area contributed by atoms with E-state index in [2.05, 4.69) is 20.7 Å². The molecule has 2 aromatic rings. The number of nitrogens with two attached hydrogens (primary N) is 1. The second-order valence-corrected chi connectivity index (χ2v) is 9.28. The molecular weight excluding hydrogens is 368 g/mol. The normalized spacial score (nSPS) is 11.9. The molecular formula is C11H13BrN2O2S3. The molecule has 0 fully saturated rings. The fourth-order valence-electron chi connectivity index (χ4n) is 1.47. The maximum absolute atomic E-state index is 12.0. The maximum Gasteiger partial charge on any atom is 0.250 e. The highest BCUT2D eigenvalue weighted by molar-refractivity contribution is 9.11. The fourth-order valence-corrected chi connectivity index (χ4v) is 5.25. The van der Waals surface area contributed by atoms with Gasteiger partial charge in [0.2, 0.25) is 10.0 Å². The van der Waals surface area contributed by atoms with Crippen LogP contribution in [0.2, 0.25) is 0 Å². The van der Waals surface area contributed by atoms with Crippen molar-refractivity contribution in [1.82, 2.24) is 4.72 Å². The first-order valence-electron chi connectivity index (χ1n) is 5.52. The quantitative estimate of drug-likeness (QED) is 0.808. The first-order valence-corrected chi connectivity index (χ1v) is 9.50. The van der Waals surface area contributed by atoms with Crippen molar-refractivity contribution in [2.45, 2.75) is 17.2 Å². The molecule has 0 spiro atoms. The topological polar surface area (TPSA) is 72.2 Å². The molecule has 0 atom stereocenters. The summed E-state index contributed by atoms with van der Waals surface area (Å²) >= 11 is 6.19. The molecule has 0 saturated heterocycles. The van der Waals surface area contributed by atoms with Crippen LogP contribution in [0.25, 0.3) is 0 Å². The van der Waals surface area contributed by atoms with Gasteiger partial charge >= 0.3 is 0 Å². The SMILES string of the molecule is NCc1csc(S(=O)(=O)NCCc2ccc(Br)s2)c1. The molecule has 104 valence electrons. The minimum atomic E-state index is -3.41. The number of nitrogens with one attached hydrogen (secondary N) is 1. The fraction of sp³-hybridized carbons (Fsp3) is 0.273.